The molecule has 3 aromatic carbocycles. The summed E-state index contributed by atoms with van der Waals surface area (Å²) in [5, 5.41) is 3.21. The zero-order valence-corrected chi connectivity index (χ0v) is 20.7. The van der Waals surface area contributed by atoms with Crippen molar-refractivity contribution in [1.82, 2.24) is 9.88 Å². The Morgan fingerprint density at radius 2 is 1.82 bits per heavy atom. The molecule has 0 fully saturated rings. The van der Waals surface area contributed by atoms with Gasteiger partial charge in [0.1, 0.15) is 5.75 Å². The van der Waals surface area contributed by atoms with Crippen LogP contribution in [0.3, 0.4) is 0 Å². The Kier molecular flexibility index (Phi) is 7.48. The van der Waals surface area contributed by atoms with E-state index in [1.165, 1.54) is 11.3 Å². The number of anilines is 1. The second kappa shape index (κ2) is 10.5. The normalized spacial score (nSPS) is 11.4. The van der Waals surface area contributed by atoms with Gasteiger partial charge in [-0.25, -0.2) is 4.98 Å². The minimum Gasteiger partial charge on any atom is -0.493 e. The summed E-state index contributed by atoms with van der Waals surface area (Å²) >= 11 is 7.69. The zero-order chi connectivity index (χ0) is 23.4. The van der Waals surface area contributed by atoms with Crippen LogP contribution < -0.4 is 9.64 Å². The first-order chi connectivity index (χ1) is 16.0. The van der Waals surface area contributed by atoms with Gasteiger partial charge in [-0.15, -0.1) is 0 Å². The maximum atomic E-state index is 14.2. The number of fused-ring (bicyclic) bond motifs is 2. The molecule has 7 heteroatoms. The van der Waals surface area contributed by atoms with E-state index in [0.717, 1.165) is 40.6 Å². The number of hydrogen-bond donors (Lipinski definition) is 0. The second-order valence-corrected chi connectivity index (χ2v) is 9.13. The third-order valence-corrected chi connectivity index (χ3v) is 7.03. The molecule has 0 aliphatic rings. The molecule has 0 bridgehead atoms. The number of likely N-dealkylation sites (N-methyl/N-ethyl adjacent to an activating group) is 1. The monoisotopic (exact) mass is 481 g/mol. The van der Waals surface area contributed by atoms with E-state index in [2.05, 4.69) is 18.7 Å². The molecule has 33 heavy (non-hydrogen) atoms. The first-order valence-electron chi connectivity index (χ1n) is 11.3. The van der Waals surface area contributed by atoms with Gasteiger partial charge in [0.2, 0.25) is 0 Å². The summed E-state index contributed by atoms with van der Waals surface area (Å²) < 4.78 is 6.86. The van der Waals surface area contributed by atoms with Crippen molar-refractivity contribution in [2.75, 3.05) is 37.7 Å². The lowest BCUT2D eigenvalue weighted by Gasteiger charge is -2.26. The fraction of sp³-hybridized carbons (Fsp3) is 0.308. The minimum absolute atomic E-state index is 0.104. The lowest BCUT2D eigenvalue weighted by molar-refractivity contribution is 0.0982. The maximum Gasteiger partial charge on any atom is 0.264 e. The minimum atomic E-state index is -0.104. The lowest BCUT2D eigenvalue weighted by Crippen LogP contribution is -2.39. The second-order valence-electron chi connectivity index (χ2n) is 7.69. The van der Waals surface area contributed by atoms with Crippen LogP contribution in [-0.4, -0.2) is 48.6 Å². The quantitative estimate of drug-likeness (QED) is 0.274. The van der Waals surface area contributed by atoms with E-state index in [-0.39, 0.29) is 5.91 Å². The summed E-state index contributed by atoms with van der Waals surface area (Å²) in [4.78, 5) is 23.0. The molecule has 4 rings (SSSR count). The predicted molar refractivity (Wildman–Crippen MR) is 139 cm³/mol. The van der Waals surface area contributed by atoms with Crippen LogP contribution in [-0.2, 0) is 0 Å². The smallest absolute Gasteiger partial charge is 0.264 e. The number of hydrogen-bond acceptors (Lipinski definition) is 5. The topological polar surface area (TPSA) is 45.7 Å². The fourth-order valence-corrected chi connectivity index (χ4v) is 5.22. The molecule has 1 aromatic heterocycles. The largest absolute Gasteiger partial charge is 0.493 e. The van der Waals surface area contributed by atoms with E-state index in [1.807, 2.05) is 61.5 Å². The van der Waals surface area contributed by atoms with Crippen LogP contribution in [0, 0.1) is 0 Å². The number of halogens is 1. The summed E-state index contributed by atoms with van der Waals surface area (Å²) in [5.41, 5.74) is 1.41. The Hall–Kier alpha value is -2.67. The molecule has 0 aliphatic carbocycles. The van der Waals surface area contributed by atoms with Gasteiger partial charge in [0.05, 0.1) is 22.4 Å². The summed E-state index contributed by atoms with van der Waals surface area (Å²) in [6.45, 7) is 9.81. The van der Waals surface area contributed by atoms with Crippen LogP contribution in [0.25, 0.3) is 21.0 Å². The van der Waals surface area contributed by atoms with Gasteiger partial charge in [0, 0.05) is 18.1 Å². The lowest BCUT2D eigenvalue weighted by atomic mass is 10.0. The number of benzene rings is 3. The number of aromatic nitrogens is 1. The van der Waals surface area contributed by atoms with Crippen molar-refractivity contribution in [3.63, 3.8) is 0 Å². The average Bonchev–Trinajstić information content (AvgIpc) is 3.24. The average molecular weight is 482 g/mol. The Morgan fingerprint density at radius 3 is 2.58 bits per heavy atom. The number of carbonyl (C=O) groups is 1. The molecule has 0 unspecified atom stereocenters. The molecule has 0 radical (unpaired) electrons. The van der Waals surface area contributed by atoms with Crippen molar-refractivity contribution in [1.29, 1.82) is 0 Å². The van der Waals surface area contributed by atoms with Crippen molar-refractivity contribution in [2.45, 2.75) is 20.8 Å². The first kappa shape index (κ1) is 23.5. The van der Waals surface area contributed by atoms with E-state index < -0.39 is 0 Å². The van der Waals surface area contributed by atoms with Gasteiger partial charge < -0.3 is 9.64 Å². The highest BCUT2D eigenvalue weighted by Gasteiger charge is 2.26. The van der Waals surface area contributed by atoms with E-state index in [1.54, 1.807) is 4.90 Å². The highest BCUT2D eigenvalue weighted by Crippen LogP contribution is 2.35. The van der Waals surface area contributed by atoms with Crippen LogP contribution in [0.1, 0.15) is 31.1 Å². The van der Waals surface area contributed by atoms with E-state index >= 15 is 0 Å². The van der Waals surface area contributed by atoms with Gasteiger partial charge in [-0.1, -0.05) is 67.1 Å². The van der Waals surface area contributed by atoms with Gasteiger partial charge in [0.15, 0.2) is 5.13 Å². The van der Waals surface area contributed by atoms with Gasteiger partial charge >= 0.3 is 0 Å². The van der Waals surface area contributed by atoms with E-state index in [9.17, 15) is 4.79 Å². The summed E-state index contributed by atoms with van der Waals surface area (Å²) in [7, 11) is 0. The molecule has 4 aromatic rings. The maximum absolute atomic E-state index is 14.2. The first-order valence-corrected chi connectivity index (χ1v) is 12.5. The van der Waals surface area contributed by atoms with Gasteiger partial charge in [0.25, 0.3) is 5.91 Å². The molecule has 0 saturated heterocycles. The van der Waals surface area contributed by atoms with Crippen molar-refractivity contribution >= 4 is 55.0 Å². The number of thiazole rings is 1. The number of nitrogens with zero attached hydrogens (tertiary/aromatic N) is 3. The van der Waals surface area contributed by atoms with Crippen molar-refractivity contribution < 1.29 is 9.53 Å². The molecule has 1 amide bonds. The Balaban J connectivity index is 1.82. The summed E-state index contributed by atoms with van der Waals surface area (Å²) in [6, 6.07) is 17.4. The van der Waals surface area contributed by atoms with Gasteiger partial charge in [-0.2, -0.15) is 0 Å². The highest BCUT2D eigenvalue weighted by atomic mass is 35.5. The molecule has 0 atom stereocenters. The molecular weight excluding hydrogens is 454 g/mol. The number of carbonyl (C=O) groups excluding carboxylic acids is 1. The zero-order valence-electron chi connectivity index (χ0n) is 19.2. The Bertz CT molecular complexity index is 1270. The van der Waals surface area contributed by atoms with Crippen LogP contribution in [0.2, 0.25) is 5.02 Å². The molecule has 0 spiro atoms. The predicted octanol–water partition coefficient (Wildman–Crippen LogP) is 6.49. The van der Waals surface area contributed by atoms with E-state index in [4.69, 9.17) is 21.3 Å². The summed E-state index contributed by atoms with van der Waals surface area (Å²) in [6.07, 6.45) is 0. The highest BCUT2D eigenvalue weighted by molar-refractivity contribution is 7.22. The summed E-state index contributed by atoms with van der Waals surface area (Å²) in [5.74, 6) is 0.491. The Morgan fingerprint density at radius 1 is 1.03 bits per heavy atom. The molecule has 0 N–H and O–H groups in total. The van der Waals surface area contributed by atoms with Gasteiger partial charge in [-0.05, 0) is 55.1 Å². The fourth-order valence-electron chi connectivity index (χ4n) is 3.95. The van der Waals surface area contributed by atoms with Crippen LogP contribution in [0.15, 0.2) is 54.6 Å². The van der Waals surface area contributed by atoms with Crippen molar-refractivity contribution in [3.8, 4) is 5.75 Å². The van der Waals surface area contributed by atoms with Crippen LogP contribution in [0.5, 0.6) is 5.75 Å². The third kappa shape index (κ3) is 4.98. The number of ether oxygens (including phenoxy) is 1. The van der Waals surface area contributed by atoms with E-state index in [0.29, 0.717) is 34.6 Å². The molecule has 0 saturated carbocycles. The van der Waals surface area contributed by atoms with Crippen LogP contribution >= 0.6 is 22.9 Å². The van der Waals surface area contributed by atoms with Crippen molar-refractivity contribution in [3.05, 3.63) is 65.2 Å². The SMILES string of the molecule is CCOc1ccc2ccccc2c1C(=O)N(CCN(CC)CC)c1nc2ccc(Cl)cc2s1. The molecular formula is C26H28ClN3O2S. The third-order valence-electron chi connectivity index (χ3n) is 5.75. The molecule has 0 aliphatic heterocycles. The molecule has 1 heterocycles. The molecule has 172 valence electrons. The number of amides is 1. The molecule has 5 nitrogen and oxygen atoms in total. The van der Waals surface area contributed by atoms with Gasteiger partial charge in [-0.3, -0.25) is 9.69 Å². The van der Waals surface area contributed by atoms with Crippen LogP contribution in [0.4, 0.5) is 5.13 Å². The standard InChI is InChI=1S/C26H28ClN3O2S/c1-4-29(5-2)15-16-30(26-28-21-13-12-19(27)17-23(21)33-26)25(31)24-20-10-8-7-9-18(20)11-14-22(24)32-6-3/h7-14,17H,4-6,15-16H2,1-3H3. The van der Waals surface area contributed by atoms with Crippen molar-refractivity contribution in [2.24, 2.45) is 0 Å². The number of rotatable bonds is 9. The Labute approximate surface area is 203 Å².